The summed E-state index contributed by atoms with van der Waals surface area (Å²) in [6.07, 6.45) is 2.39. The maximum Gasteiger partial charge on any atom is 0.261 e. The Morgan fingerprint density at radius 3 is 2.81 bits per heavy atom. The van der Waals surface area contributed by atoms with Gasteiger partial charge in [0.15, 0.2) is 16.6 Å². The van der Waals surface area contributed by atoms with Gasteiger partial charge in [0.05, 0.1) is 25.5 Å². The zero-order valence-electron chi connectivity index (χ0n) is 11.9. The van der Waals surface area contributed by atoms with Gasteiger partial charge < -0.3 is 9.47 Å². The summed E-state index contributed by atoms with van der Waals surface area (Å²) >= 11 is 1.45. The van der Waals surface area contributed by atoms with E-state index in [0.717, 1.165) is 5.69 Å². The van der Waals surface area contributed by atoms with Gasteiger partial charge in [0.1, 0.15) is 0 Å². The first kappa shape index (κ1) is 13.9. The molecule has 1 aromatic carbocycles. The van der Waals surface area contributed by atoms with Crippen LogP contribution in [0.5, 0.6) is 11.5 Å². The lowest BCUT2D eigenvalue weighted by Crippen LogP contribution is -2.13. The van der Waals surface area contributed by atoms with E-state index in [1.807, 2.05) is 5.38 Å². The van der Waals surface area contributed by atoms with E-state index in [2.05, 4.69) is 10.3 Å². The first-order valence-electron chi connectivity index (χ1n) is 6.70. The average molecular weight is 304 g/mol. The van der Waals surface area contributed by atoms with Crippen molar-refractivity contribution in [3.8, 4) is 11.5 Å². The second-order valence-electron chi connectivity index (χ2n) is 4.85. The van der Waals surface area contributed by atoms with Gasteiger partial charge >= 0.3 is 0 Å². The van der Waals surface area contributed by atoms with E-state index in [1.165, 1.54) is 31.3 Å². The summed E-state index contributed by atoms with van der Waals surface area (Å²) < 4.78 is 10.5. The molecule has 2 aromatic rings. The minimum atomic E-state index is -0.248. The lowest BCUT2D eigenvalue weighted by molar-refractivity contribution is 0.102. The van der Waals surface area contributed by atoms with Crippen molar-refractivity contribution in [3.63, 3.8) is 0 Å². The van der Waals surface area contributed by atoms with Gasteiger partial charge in [0.25, 0.3) is 5.91 Å². The van der Waals surface area contributed by atoms with Crippen molar-refractivity contribution in [1.82, 2.24) is 4.98 Å². The zero-order valence-corrected chi connectivity index (χ0v) is 12.7. The van der Waals surface area contributed by atoms with Crippen molar-refractivity contribution in [2.45, 2.75) is 18.8 Å². The molecule has 1 aliphatic rings. The number of hydrogen-bond acceptors (Lipinski definition) is 5. The lowest BCUT2D eigenvalue weighted by atomic mass is 10.1. The number of carbonyl (C=O) groups excluding carboxylic acids is 1. The molecule has 1 aromatic heterocycles. The maximum absolute atomic E-state index is 12.4. The Balaban J connectivity index is 1.80. The molecule has 1 fully saturated rings. The number of thiazole rings is 1. The number of nitrogens with zero attached hydrogens (tertiary/aromatic N) is 1. The van der Waals surface area contributed by atoms with Crippen LogP contribution in [0, 0.1) is 0 Å². The highest BCUT2D eigenvalue weighted by Gasteiger charge is 2.26. The molecule has 1 aliphatic carbocycles. The standard InChI is InChI=1S/C15H16N2O3S/c1-19-12-5-3-4-10(13(12)20-2)14(18)17-15-16-11(8-21-15)9-6-7-9/h3-5,8-9H,6-7H2,1-2H3,(H,16,17,18). The summed E-state index contributed by atoms with van der Waals surface area (Å²) in [6.45, 7) is 0. The molecule has 110 valence electrons. The third-order valence-electron chi connectivity index (χ3n) is 3.39. The number of anilines is 1. The molecule has 0 aliphatic heterocycles. The fraction of sp³-hybridized carbons (Fsp3) is 0.333. The molecular formula is C15H16N2O3S. The number of carbonyl (C=O) groups is 1. The van der Waals surface area contributed by atoms with Gasteiger partial charge in [-0.1, -0.05) is 6.07 Å². The summed E-state index contributed by atoms with van der Waals surface area (Å²) in [5, 5.41) is 5.45. The predicted octanol–water partition coefficient (Wildman–Crippen LogP) is 3.29. The molecule has 0 atom stereocenters. The van der Waals surface area contributed by atoms with Crippen LogP contribution in [0.2, 0.25) is 0 Å². The van der Waals surface area contributed by atoms with Gasteiger partial charge in [-0.15, -0.1) is 11.3 Å². The van der Waals surface area contributed by atoms with Crippen molar-refractivity contribution in [2.24, 2.45) is 0 Å². The molecule has 1 amide bonds. The topological polar surface area (TPSA) is 60.5 Å². The van der Waals surface area contributed by atoms with Crippen molar-refractivity contribution < 1.29 is 14.3 Å². The van der Waals surface area contributed by atoms with Crippen LogP contribution in [0.25, 0.3) is 0 Å². The largest absolute Gasteiger partial charge is 0.493 e. The van der Waals surface area contributed by atoms with Crippen LogP contribution in [-0.2, 0) is 0 Å². The van der Waals surface area contributed by atoms with E-state index in [1.54, 1.807) is 25.3 Å². The van der Waals surface area contributed by atoms with Crippen LogP contribution in [0.4, 0.5) is 5.13 Å². The van der Waals surface area contributed by atoms with Crippen molar-refractivity contribution >= 4 is 22.4 Å². The lowest BCUT2D eigenvalue weighted by Gasteiger charge is -2.11. The third kappa shape index (κ3) is 2.85. The highest BCUT2D eigenvalue weighted by atomic mass is 32.1. The number of methoxy groups -OCH3 is 2. The first-order chi connectivity index (χ1) is 10.2. The Bertz CT molecular complexity index is 665. The predicted molar refractivity (Wildman–Crippen MR) is 81.6 cm³/mol. The Morgan fingerprint density at radius 2 is 2.14 bits per heavy atom. The van der Waals surface area contributed by atoms with Crippen LogP contribution in [0.1, 0.15) is 34.8 Å². The van der Waals surface area contributed by atoms with Gasteiger partial charge in [-0.3, -0.25) is 10.1 Å². The molecule has 1 heterocycles. The summed E-state index contributed by atoms with van der Waals surface area (Å²) in [6, 6.07) is 5.21. The van der Waals surface area contributed by atoms with Crippen LogP contribution >= 0.6 is 11.3 Å². The normalized spacial score (nSPS) is 13.8. The number of para-hydroxylation sites is 1. The number of ether oxygens (including phenoxy) is 2. The first-order valence-corrected chi connectivity index (χ1v) is 7.58. The van der Waals surface area contributed by atoms with Gasteiger partial charge in [-0.05, 0) is 25.0 Å². The second kappa shape index (κ2) is 5.73. The fourth-order valence-electron chi connectivity index (χ4n) is 2.14. The number of benzene rings is 1. The average Bonchev–Trinajstić information content (AvgIpc) is 3.26. The van der Waals surface area contributed by atoms with E-state index < -0.39 is 0 Å². The Morgan fingerprint density at radius 1 is 1.33 bits per heavy atom. The SMILES string of the molecule is COc1cccc(C(=O)Nc2nc(C3CC3)cs2)c1OC. The molecule has 5 nitrogen and oxygen atoms in total. The van der Waals surface area contributed by atoms with E-state index in [4.69, 9.17) is 9.47 Å². The summed E-state index contributed by atoms with van der Waals surface area (Å²) in [5.74, 6) is 1.29. The third-order valence-corrected chi connectivity index (χ3v) is 4.16. The molecule has 6 heteroatoms. The maximum atomic E-state index is 12.4. The summed E-state index contributed by atoms with van der Waals surface area (Å²) in [5.41, 5.74) is 1.51. The van der Waals surface area contributed by atoms with Gasteiger partial charge in [0, 0.05) is 11.3 Å². The molecule has 0 unspecified atom stereocenters. The molecule has 21 heavy (non-hydrogen) atoms. The molecule has 3 rings (SSSR count). The molecular weight excluding hydrogens is 288 g/mol. The van der Waals surface area contributed by atoms with Gasteiger partial charge in [0.2, 0.25) is 0 Å². The van der Waals surface area contributed by atoms with Crippen molar-refractivity contribution in [1.29, 1.82) is 0 Å². The van der Waals surface area contributed by atoms with Gasteiger partial charge in [-0.25, -0.2) is 4.98 Å². The molecule has 0 spiro atoms. The Hall–Kier alpha value is -2.08. The van der Waals surface area contributed by atoms with Crippen molar-refractivity contribution in [3.05, 3.63) is 34.8 Å². The van der Waals surface area contributed by atoms with Gasteiger partial charge in [-0.2, -0.15) is 0 Å². The van der Waals surface area contributed by atoms with Crippen molar-refractivity contribution in [2.75, 3.05) is 19.5 Å². The molecule has 0 saturated heterocycles. The smallest absolute Gasteiger partial charge is 0.261 e. The van der Waals surface area contributed by atoms with E-state index >= 15 is 0 Å². The monoisotopic (exact) mass is 304 g/mol. The summed E-state index contributed by atoms with van der Waals surface area (Å²) in [7, 11) is 3.06. The number of rotatable bonds is 5. The highest BCUT2D eigenvalue weighted by Crippen LogP contribution is 2.41. The minimum absolute atomic E-state index is 0.248. The summed E-state index contributed by atoms with van der Waals surface area (Å²) in [4.78, 5) is 16.8. The van der Waals surface area contributed by atoms with E-state index in [9.17, 15) is 4.79 Å². The Kier molecular flexibility index (Phi) is 3.79. The number of hydrogen-bond donors (Lipinski definition) is 1. The van der Waals surface area contributed by atoms with Crippen LogP contribution in [0.3, 0.4) is 0 Å². The molecule has 1 saturated carbocycles. The number of aromatic nitrogens is 1. The minimum Gasteiger partial charge on any atom is -0.493 e. The van der Waals surface area contributed by atoms with Crippen LogP contribution in [-0.4, -0.2) is 25.1 Å². The highest BCUT2D eigenvalue weighted by molar-refractivity contribution is 7.14. The molecule has 1 N–H and O–H groups in total. The quantitative estimate of drug-likeness (QED) is 0.921. The van der Waals surface area contributed by atoms with E-state index in [-0.39, 0.29) is 5.91 Å². The molecule has 0 bridgehead atoms. The number of amides is 1. The second-order valence-corrected chi connectivity index (χ2v) is 5.71. The van der Waals surface area contributed by atoms with Crippen LogP contribution < -0.4 is 14.8 Å². The van der Waals surface area contributed by atoms with E-state index in [0.29, 0.717) is 28.1 Å². The fourth-order valence-corrected chi connectivity index (χ4v) is 2.93. The number of nitrogens with one attached hydrogen (secondary N) is 1. The molecule has 0 radical (unpaired) electrons. The zero-order chi connectivity index (χ0) is 14.8. The Labute approximate surface area is 126 Å². The van der Waals surface area contributed by atoms with Crippen LogP contribution in [0.15, 0.2) is 23.6 Å².